The molecule has 4 heteroatoms. The minimum atomic E-state index is 0.439. The highest BCUT2D eigenvalue weighted by molar-refractivity contribution is 9.10. The van der Waals surface area contributed by atoms with Crippen molar-refractivity contribution < 1.29 is 0 Å². The molecule has 0 spiro atoms. The third kappa shape index (κ3) is 3.67. The summed E-state index contributed by atoms with van der Waals surface area (Å²) in [6.45, 7) is 5.39. The molecule has 0 bridgehead atoms. The molecule has 0 radical (unpaired) electrons. The number of thiophene rings is 2. The topological polar surface area (TPSA) is 12.0 Å². The first-order chi connectivity index (χ1) is 8.72. The van der Waals surface area contributed by atoms with E-state index in [1.54, 1.807) is 0 Å². The third-order valence-electron chi connectivity index (χ3n) is 2.85. The Kier molecular flexibility index (Phi) is 5.42. The average molecular weight is 344 g/mol. The van der Waals surface area contributed by atoms with Crippen molar-refractivity contribution in [2.24, 2.45) is 0 Å². The van der Waals surface area contributed by atoms with Crippen LogP contribution < -0.4 is 5.32 Å². The minimum absolute atomic E-state index is 0.439. The van der Waals surface area contributed by atoms with E-state index < -0.39 is 0 Å². The van der Waals surface area contributed by atoms with E-state index >= 15 is 0 Å². The molecule has 2 heterocycles. The van der Waals surface area contributed by atoms with Crippen LogP contribution in [0.25, 0.3) is 0 Å². The zero-order valence-corrected chi connectivity index (χ0v) is 13.9. The molecule has 0 aromatic carbocycles. The molecule has 0 aliphatic heterocycles. The lowest BCUT2D eigenvalue weighted by Gasteiger charge is -2.15. The van der Waals surface area contributed by atoms with Crippen LogP contribution in [0.4, 0.5) is 0 Å². The predicted octanol–water partition coefficient (Wildman–Crippen LogP) is 5.03. The summed E-state index contributed by atoms with van der Waals surface area (Å²) >= 11 is 7.30. The van der Waals surface area contributed by atoms with Crippen LogP contribution in [-0.2, 0) is 12.8 Å². The Morgan fingerprint density at radius 1 is 1.28 bits per heavy atom. The van der Waals surface area contributed by atoms with Gasteiger partial charge in [-0.2, -0.15) is 0 Å². The molecule has 98 valence electrons. The van der Waals surface area contributed by atoms with Gasteiger partial charge in [-0.05, 0) is 47.1 Å². The molecular weight excluding hydrogens is 326 g/mol. The van der Waals surface area contributed by atoms with Crippen molar-refractivity contribution in [3.63, 3.8) is 0 Å². The van der Waals surface area contributed by atoms with E-state index in [1.165, 1.54) is 19.1 Å². The summed E-state index contributed by atoms with van der Waals surface area (Å²) in [4.78, 5) is 4.37. The van der Waals surface area contributed by atoms with Crippen LogP contribution in [0.15, 0.2) is 28.1 Å². The van der Waals surface area contributed by atoms with Crippen molar-refractivity contribution in [2.75, 3.05) is 6.54 Å². The van der Waals surface area contributed by atoms with Gasteiger partial charge in [0.25, 0.3) is 0 Å². The summed E-state index contributed by atoms with van der Waals surface area (Å²) < 4.78 is 1.19. The molecule has 0 saturated heterocycles. The Labute approximate surface area is 125 Å². The van der Waals surface area contributed by atoms with E-state index in [4.69, 9.17) is 0 Å². The van der Waals surface area contributed by atoms with Crippen LogP contribution >= 0.6 is 38.6 Å². The van der Waals surface area contributed by atoms with Crippen LogP contribution in [0.1, 0.15) is 34.5 Å². The van der Waals surface area contributed by atoms with Gasteiger partial charge in [0.1, 0.15) is 0 Å². The maximum absolute atomic E-state index is 3.58. The quantitative estimate of drug-likeness (QED) is 0.775. The first-order valence-corrected chi connectivity index (χ1v) is 8.76. The summed E-state index contributed by atoms with van der Waals surface area (Å²) in [6.07, 6.45) is 2.23. The van der Waals surface area contributed by atoms with E-state index in [0.717, 1.165) is 19.4 Å². The fourth-order valence-corrected chi connectivity index (χ4v) is 4.48. The highest BCUT2D eigenvalue weighted by Gasteiger charge is 2.14. The van der Waals surface area contributed by atoms with Gasteiger partial charge in [0.05, 0.1) is 0 Å². The molecule has 18 heavy (non-hydrogen) atoms. The first kappa shape index (κ1) is 14.3. The maximum Gasteiger partial charge on any atom is 0.0463 e. The SMILES string of the molecule is CCNC(Cc1ccc(CC)s1)c1cc(Br)cs1. The Bertz CT molecular complexity index is 489. The normalized spacial score (nSPS) is 12.8. The molecule has 2 aromatic rings. The number of nitrogens with one attached hydrogen (secondary N) is 1. The molecule has 1 nitrogen and oxygen atoms in total. The number of hydrogen-bond donors (Lipinski definition) is 1. The fourth-order valence-electron chi connectivity index (χ4n) is 1.95. The summed E-state index contributed by atoms with van der Waals surface area (Å²) in [5.74, 6) is 0. The number of likely N-dealkylation sites (N-methyl/N-ethyl adjacent to an activating group) is 1. The summed E-state index contributed by atoms with van der Waals surface area (Å²) in [6, 6.07) is 7.20. The van der Waals surface area contributed by atoms with Gasteiger partial charge in [0, 0.05) is 36.9 Å². The van der Waals surface area contributed by atoms with Gasteiger partial charge in [0.15, 0.2) is 0 Å². The molecule has 0 aliphatic rings. The van der Waals surface area contributed by atoms with Gasteiger partial charge < -0.3 is 5.32 Å². The smallest absolute Gasteiger partial charge is 0.0463 e. The minimum Gasteiger partial charge on any atom is -0.309 e. The summed E-state index contributed by atoms with van der Waals surface area (Å²) in [5.41, 5.74) is 0. The van der Waals surface area contributed by atoms with Gasteiger partial charge >= 0.3 is 0 Å². The zero-order chi connectivity index (χ0) is 13.0. The molecule has 2 rings (SSSR count). The van der Waals surface area contributed by atoms with Crippen molar-refractivity contribution in [1.29, 1.82) is 0 Å². The van der Waals surface area contributed by atoms with Crippen molar-refractivity contribution in [3.05, 3.63) is 42.7 Å². The van der Waals surface area contributed by atoms with E-state index in [0.29, 0.717) is 6.04 Å². The van der Waals surface area contributed by atoms with Gasteiger partial charge in [0.2, 0.25) is 0 Å². The van der Waals surface area contributed by atoms with Gasteiger partial charge in [-0.3, -0.25) is 0 Å². The standard InChI is InChI=1S/C14H18BrNS2/c1-3-11-5-6-12(18-11)8-13(16-4-2)14-7-10(15)9-17-14/h5-7,9,13,16H,3-4,8H2,1-2H3. The van der Waals surface area contributed by atoms with Crippen LogP contribution in [0.5, 0.6) is 0 Å². The Morgan fingerprint density at radius 3 is 2.61 bits per heavy atom. The number of halogens is 1. The predicted molar refractivity (Wildman–Crippen MR) is 85.8 cm³/mol. The van der Waals surface area contributed by atoms with Crippen molar-refractivity contribution in [2.45, 2.75) is 32.7 Å². The van der Waals surface area contributed by atoms with Crippen molar-refractivity contribution >= 4 is 38.6 Å². The second-order valence-corrected chi connectivity index (χ2v) is 7.31. The molecule has 1 atom stereocenters. The molecule has 0 amide bonds. The molecule has 0 saturated carbocycles. The Balaban J connectivity index is 2.10. The van der Waals surface area contributed by atoms with Gasteiger partial charge in [-0.25, -0.2) is 0 Å². The fraction of sp³-hybridized carbons (Fsp3) is 0.429. The number of aryl methyl sites for hydroxylation is 1. The molecule has 1 N–H and O–H groups in total. The second kappa shape index (κ2) is 6.85. The van der Waals surface area contributed by atoms with E-state index in [1.807, 2.05) is 22.7 Å². The highest BCUT2D eigenvalue weighted by Crippen LogP contribution is 2.29. The van der Waals surface area contributed by atoms with Crippen molar-refractivity contribution in [1.82, 2.24) is 5.32 Å². The molecule has 1 unspecified atom stereocenters. The van der Waals surface area contributed by atoms with Crippen LogP contribution in [0.3, 0.4) is 0 Å². The van der Waals surface area contributed by atoms with Gasteiger partial charge in [-0.15, -0.1) is 22.7 Å². The summed E-state index contributed by atoms with van der Waals surface area (Å²) in [5, 5.41) is 5.74. The van der Waals surface area contributed by atoms with E-state index in [-0.39, 0.29) is 0 Å². The van der Waals surface area contributed by atoms with Crippen LogP contribution in [0.2, 0.25) is 0 Å². The van der Waals surface area contributed by atoms with Crippen LogP contribution in [-0.4, -0.2) is 6.54 Å². The average Bonchev–Trinajstić information content (AvgIpc) is 2.97. The highest BCUT2D eigenvalue weighted by atomic mass is 79.9. The zero-order valence-electron chi connectivity index (χ0n) is 10.7. The summed E-state index contributed by atoms with van der Waals surface area (Å²) in [7, 11) is 0. The lowest BCUT2D eigenvalue weighted by Crippen LogP contribution is -2.21. The number of rotatable bonds is 6. The monoisotopic (exact) mass is 343 g/mol. The lowest BCUT2D eigenvalue weighted by atomic mass is 10.1. The van der Waals surface area contributed by atoms with E-state index in [2.05, 4.69) is 58.7 Å². The third-order valence-corrected chi connectivity index (χ3v) is 5.91. The number of hydrogen-bond acceptors (Lipinski definition) is 3. The Morgan fingerprint density at radius 2 is 2.06 bits per heavy atom. The van der Waals surface area contributed by atoms with Gasteiger partial charge in [-0.1, -0.05) is 13.8 Å². The van der Waals surface area contributed by atoms with Crippen LogP contribution in [0, 0.1) is 0 Å². The van der Waals surface area contributed by atoms with E-state index in [9.17, 15) is 0 Å². The molecule has 0 fully saturated rings. The molecular formula is C14H18BrNS2. The maximum atomic E-state index is 3.58. The molecule has 0 aliphatic carbocycles. The molecule has 2 aromatic heterocycles. The largest absolute Gasteiger partial charge is 0.309 e. The lowest BCUT2D eigenvalue weighted by molar-refractivity contribution is 0.561. The Hall–Kier alpha value is -0.160. The first-order valence-electron chi connectivity index (χ1n) is 6.27. The van der Waals surface area contributed by atoms with Crippen molar-refractivity contribution in [3.8, 4) is 0 Å². The second-order valence-electron chi connectivity index (χ2n) is 4.20.